The van der Waals surface area contributed by atoms with Gasteiger partial charge in [-0.3, -0.25) is 4.79 Å². The molecule has 9 heteroatoms. The Morgan fingerprint density at radius 1 is 1.29 bits per heavy atom. The molecule has 31 heavy (non-hydrogen) atoms. The fraction of sp³-hybridized carbons (Fsp3) is 0.364. The Morgan fingerprint density at radius 3 is 3.00 bits per heavy atom. The highest BCUT2D eigenvalue weighted by Crippen LogP contribution is 2.39. The number of thioether (sulfide) groups is 1. The van der Waals surface area contributed by atoms with Gasteiger partial charge < -0.3 is 10.3 Å². The van der Waals surface area contributed by atoms with Crippen LogP contribution >= 0.6 is 34.4 Å². The van der Waals surface area contributed by atoms with Gasteiger partial charge in [0.1, 0.15) is 10.7 Å². The summed E-state index contributed by atoms with van der Waals surface area (Å²) in [4.78, 5) is 22.9. The Labute approximate surface area is 192 Å². The fourth-order valence-electron chi connectivity index (χ4n) is 3.92. The predicted octanol–water partition coefficient (Wildman–Crippen LogP) is 5.87. The molecule has 0 aliphatic heterocycles. The van der Waals surface area contributed by atoms with Crippen molar-refractivity contribution in [1.82, 2.24) is 20.2 Å². The Bertz CT molecular complexity index is 1310. The first-order valence-corrected chi connectivity index (χ1v) is 12.9. The molecule has 0 spiro atoms. The van der Waals surface area contributed by atoms with Crippen LogP contribution in [0.3, 0.4) is 0 Å². The molecule has 0 unspecified atom stereocenters. The first-order chi connectivity index (χ1) is 15.0. The second-order valence-electron chi connectivity index (χ2n) is 8.11. The summed E-state index contributed by atoms with van der Waals surface area (Å²) in [6.45, 7) is 6.38. The van der Waals surface area contributed by atoms with E-state index in [4.69, 9.17) is 4.98 Å². The smallest absolute Gasteiger partial charge is 0.259 e. The third-order valence-electron chi connectivity index (χ3n) is 5.52. The molecule has 1 aromatic carbocycles. The maximum absolute atomic E-state index is 12.9. The Balaban J connectivity index is 1.35. The molecule has 0 fully saturated rings. The Morgan fingerprint density at radius 2 is 2.16 bits per heavy atom. The van der Waals surface area contributed by atoms with Crippen LogP contribution in [0.5, 0.6) is 0 Å². The highest BCUT2D eigenvalue weighted by atomic mass is 32.2. The SMILES string of the molecule is Cc1cccc(Nc2nnc(S[C@@H](C)c3nc4sc5c(c4c(=O)[nH]3)CC[C@H](C)C5)s2)c1. The van der Waals surface area contributed by atoms with Gasteiger partial charge in [0.25, 0.3) is 5.56 Å². The van der Waals surface area contributed by atoms with Gasteiger partial charge in [0.2, 0.25) is 5.13 Å². The molecule has 2 atom stereocenters. The van der Waals surface area contributed by atoms with Crippen LogP contribution in [0.2, 0.25) is 0 Å². The average Bonchev–Trinajstić information content (AvgIpc) is 3.31. The van der Waals surface area contributed by atoms with Crippen LogP contribution in [0, 0.1) is 12.8 Å². The van der Waals surface area contributed by atoms with Crippen molar-refractivity contribution >= 4 is 55.5 Å². The monoisotopic (exact) mass is 469 g/mol. The first kappa shape index (κ1) is 20.7. The largest absolute Gasteiger partial charge is 0.330 e. The number of fused-ring (bicyclic) bond motifs is 3. The van der Waals surface area contributed by atoms with Crippen molar-refractivity contribution in [2.45, 2.75) is 49.6 Å². The van der Waals surface area contributed by atoms with Gasteiger partial charge in [0.05, 0.1) is 10.6 Å². The number of hydrogen-bond acceptors (Lipinski definition) is 8. The van der Waals surface area contributed by atoms with E-state index in [0.717, 1.165) is 44.6 Å². The second-order valence-corrected chi connectivity index (χ2v) is 11.8. The molecule has 1 aliphatic rings. The predicted molar refractivity (Wildman–Crippen MR) is 130 cm³/mol. The molecule has 0 saturated carbocycles. The summed E-state index contributed by atoms with van der Waals surface area (Å²) < 4.78 is 0.838. The number of nitrogens with one attached hydrogen (secondary N) is 2. The van der Waals surface area contributed by atoms with Gasteiger partial charge in [-0.05, 0) is 62.3 Å². The van der Waals surface area contributed by atoms with E-state index in [-0.39, 0.29) is 10.8 Å². The van der Waals surface area contributed by atoms with Crippen molar-refractivity contribution in [3.05, 3.63) is 56.4 Å². The maximum Gasteiger partial charge on any atom is 0.259 e. The molecular weight excluding hydrogens is 446 g/mol. The van der Waals surface area contributed by atoms with E-state index in [2.05, 4.69) is 46.5 Å². The number of thiophene rings is 1. The highest BCUT2D eigenvalue weighted by Gasteiger charge is 2.24. The number of aromatic amines is 1. The molecule has 0 amide bonds. The molecular formula is C22H23N5OS3. The standard InChI is InChI=1S/C22H23N5OS3/c1-11-5-4-6-14(9-11)23-21-26-27-22(31-21)29-13(3)18-24-19(28)17-15-8-7-12(2)10-16(15)30-20(17)25-18/h4-6,9,12-13H,7-8,10H2,1-3H3,(H,23,26)(H,24,25,28)/t12-,13-/m0/s1. The van der Waals surface area contributed by atoms with Crippen molar-refractivity contribution in [3.8, 4) is 0 Å². The zero-order chi connectivity index (χ0) is 21.5. The lowest BCUT2D eigenvalue weighted by atomic mass is 9.89. The van der Waals surface area contributed by atoms with E-state index in [1.807, 2.05) is 19.1 Å². The van der Waals surface area contributed by atoms with E-state index in [1.165, 1.54) is 27.3 Å². The minimum Gasteiger partial charge on any atom is -0.330 e. The number of benzene rings is 1. The normalized spacial score (nSPS) is 16.9. The van der Waals surface area contributed by atoms with Gasteiger partial charge in [-0.1, -0.05) is 42.2 Å². The number of aryl methyl sites for hydroxylation is 2. The third-order valence-corrected chi connectivity index (χ3v) is 8.70. The molecule has 160 valence electrons. The van der Waals surface area contributed by atoms with Gasteiger partial charge in [-0.25, -0.2) is 4.98 Å². The molecule has 6 nitrogen and oxygen atoms in total. The lowest BCUT2D eigenvalue weighted by molar-refractivity contribution is 0.509. The van der Waals surface area contributed by atoms with E-state index in [1.54, 1.807) is 23.1 Å². The average molecular weight is 470 g/mol. The van der Waals surface area contributed by atoms with E-state index in [0.29, 0.717) is 11.7 Å². The van der Waals surface area contributed by atoms with Crippen LogP contribution in [0.25, 0.3) is 10.2 Å². The summed E-state index contributed by atoms with van der Waals surface area (Å²) >= 11 is 4.75. The molecule has 4 aromatic rings. The lowest BCUT2D eigenvalue weighted by Gasteiger charge is -2.17. The molecule has 3 heterocycles. The quantitative estimate of drug-likeness (QED) is 0.356. The van der Waals surface area contributed by atoms with Crippen molar-refractivity contribution in [3.63, 3.8) is 0 Å². The second kappa shape index (κ2) is 8.37. The molecule has 5 rings (SSSR count). The van der Waals surface area contributed by atoms with Crippen molar-refractivity contribution < 1.29 is 0 Å². The van der Waals surface area contributed by atoms with Crippen LogP contribution in [0.4, 0.5) is 10.8 Å². The van der Waals surface area contributed by atoms with Crippen molar-refractivity contribution in [1.29, 1.82) is 0 Å². The zero-order valence-corrected chi connectivity index (χ0v) is 20.0. The van der Waals surface area contributed by atoms with Gasteiger partial charge >= 0.3 is 0 Å². The minimum absolute atomic E-state index is 0.0152. The van der Waals surface area contributed by atoms with Gasteiger partial charge in [0.15, 0.2) is 4.34 Å². The van der Waals surface area contributed by atoms with Crippen molar-refractivity contribution in [2.24, 2.45) is 5.92 Å². The van der Waals surface area contributed by atoms with Crippen molar-refractivity contribution in [2.75, 3.05) is 5.32 Å². The Hall–Kier alpha value is -2.23. The van der Waals surface area contributed by atoms with Crippen LogP contribution < -0.4 is 10.9 Å². The summed E-state index contributed by atoms with van der Waals surface area (Å²) in [6.07, 6.45) is 3.17. The summed E-state index contributed by atoms with van der Waals surface area (Å²) in [5.41, 5.74) is 3.38. The number of H-pyrrole nitrogens is 1. The molecule has 3 aromatic heterocycles. The van der Waals surface area contributed by atoms with Crippen LogP contribution in [0.15, 0.2) is 33.4 Å². The summed E-state index contributed by atoms with van der Waals surface area (Å²) in [6, 6.07) is 8.15. The summed E-state index contributed by atoms with van der Waals surface area (Å²) in [7, 11) is 0. The molecule has 0 bridgehead atoms. The Kier molecular flexibility index (Phi) is 5.58. The van der Waals surface area contributed by atoms with Gasteiger partial charge in [-0.15, -0.1) is 21.5 Å². The lowest BCUT2D eigenvalue weighted by Crippen LogP contribution is -2.15. The summed E-state index contributed by atoms with van der Waals surface area (Å²) in [5.74, 6) is 1.37. The number of hydrogen-bond donors (Lipinski definition) is 2. The van der Waals surface area contributed by atoms with Crippen LogP contribution in [-0.2, 0) is 12.8 Å². The first-order valence-electron chi connectivity index (χ1n) is 10.3. The third kappa shape index (κ3) is 4.26. The van der Waals surface area contributed by atoms with Gasteiger partial charge in [0, 0.05) is 10.6 Å². The maximum atomic E-state index is 12.9. The fourth-order valence-corrected chi connectivity index (χ4v) is 7.28. The topological polar surface area (TPSA) is 83.6 Å². The molecule has 0 radical (unpaired) electrons. The van der Waals surface area contributed by atoms with E-state index in [9.17, 15) is 4.79 Å². The van der Waals surface area contributed by atoms with Gasteiger partial charge in [-0.2, -0.15) is 0 Å². The highest BCUT2D eigenvalue weighted by molar-refractivity contribution is 8.01. The zero-order valence-electron chi connectivity index (χ0n) is 17.6. The van der Waals surface area contributed by atoms with E-state index >= 15 is 0 Å². The number of aromatic nitrogens is 4. The van der Waals surface area contributed by atoms with Crippen LogP contribution in [-0.4, -0.2) is 20.2 Å². The van der Waals surface area contributed by atoms with Crippen LogP contribution in [0.1, 0.15) is 47.3 Å². The molecule has 0 saturated heterocycles. The molecule has 1 aliphatic carbocycles. The minimum atomic E-state index is -0.0325. The number of nitrogens with zero attached hydrogens (tertiary/aromatic N) is 3. The summed E-state index contributed by atoms with van der Waals surface area (Å²) in [5, 5.41) is 13.4. The number of anilines is 2. The number of rotatable bonds is 5. The molecule has 2 N–H and O–H groups in total. The van der Waals surface area contributed by atoms with E-state index < -0.39 is 0 Å².